The summed E-state index contributed by atoms with van der Waals surface area (Å²) in [5.41, 5.74) is 0. The molecule has 1 atom stereocenters. The quantitative estimate of drug-likeness (QED) is 0.742. The average molecular weight is 252 g/mol. The van der Waals surface area contributed by atoms with E-state index >= 15 is 0 Å². The zero-order valence-electron chi connectivity index (χ0n) is 11.8. The minimum Gasteiger partial charge on any atom is -0.384 e. The summed E-state index contributed by atoms with van der Waals surface area (Å²) >= 11 is 0. The van der Waals surface area contributed by atoms with Gasteiger partial charge in [0.25, 0.3) is 0 Å². The first-order valence-electron chi connectivity index (χ1n) is 6.54. The van der Waals surface area contributed by atoms with Crippen LogP contribution in [0.5, 0.6) is 0 Å². The van der Waals surface area contributed by atoms with E-state index in [0.29, 0.717) is 5.92 Å². The second-order valence-corrected chi connectivity index (χ2v) is 4.38. The Morgan fingerprint density at radius 3 is 2.44 bits per heavy atom. The molecule has 0 aliphatic rings. The molecule has 1 unspecified atom stereocenters. The molecule has 5 heteroatoms. The number of rotatable bonds is 8. The van der Waals surface area contributed by atoms with Gasteiger partial charge in [0.15, 0.2) is 0 Å². The normalized spacial score (nSPS) is 12.2. The van der Waals surface area contributed by atoms with Crippen molar-refractivity contribution in [1.82, 2.24) is 9.97 Å². The minimum absolute atomic E-state index is 0.456. The molecule has 0 fully saturated rings. The highest BCUT2D eigenvalue weighted by Gasteiger charge is 2.05. The van der Waals surface area contributed by atoms with E-state index in [4.69, 9.17) is 4.74 Å². The molecule has 102 valence electrons. The Bertz CT molecular complexity index is 357. The fraction of sp³-hybridized carbons (Fsp3) is 0.692. The standard InChI is InChI=1S/C13H24N4O/c1-5-11-16-12(14-6-2)7-13(17-11)15-8-10(3)9-18-4/h7,10H,5-6,8-9H2,1-4H3,(H2,14,15,16,17). The van der Waals surface area contributed by atoms with Gasteiger partial charge in [0.2, 0.25) is 0 Å². The summed E-state index contributed by atoms with van der Waals surface area (Å²) in [5, 5.41) is 6.55. The Kier molecular flexibility index (Phi) is 6.43. The second kappa shape index (κ2) is 7.87. The highest BCUT2D eigenvalue weighted by atomic mass is 16.5. The van der Waals surface area contributed by atoms with Crippen molar-refractivity contribution in [2.45, 2.75) is 27.2 Å². The van der Waals surface area contributed by atoms with Crippen molar-refractivity contribution in [2.24, 2.45) is 5.92 Å². The largest absolute Gasteiger partial charge is 0.384 e. The number of methoxy groups -OCH3 is 1. The highest BCUT2D eigenvalue weighted by molar-refractivity contribution is 5.47. The van der Waals surface area contributed by atoms with E-state index in [1.165, 1.54) is 0 Å². The van der Waals surface area contributed by atoms with Crippen molar-refractivity contribution >= 4 is 11.6 Å². The van der Waals surface area contributed by atoms with Gasteiger partial charge in [-0.05, 0) is 12.8 Å². The van der Waals surface area contributed by atoms with E-state index in [1.807, 2.05) is 6.07 Å². The molecule has 1 aromatic rings. The van der Waals surface area contributed by atoms with Gasteiger partial charge in [-0.25, -0.2) is 9.97 Å². The molecule has 2 N–H and O–H groups in total. The van der Waals surface area contributed by atoms with E-state index in [2.05, 4.69) is 41.4 Å². The number of aromatic nitrogens is 2. The van der Waals surface area contributed by atoms with Gasteiger partial charge in [-0.1, -0.05) is 13.8 Å². The zero-order chi connectivity index (χ0) is 13.4. The first-order chi connectivity index (χ1) is 8.69. The van der Waals surface area contributed by atoms with E-state index in [0.717, 1.165) is 43.6 Å². The topological polar surface area (TPSA) is 59.1 Å². The van der Waals surface area contributed by atoms with Crippen LogP contribution in [0.3, 0.4) is 0 Å². The lowest BCUT2D eigenvalue weighted by Crippen LogP contribution is -2.17. The number of ether oxygens (including phenoxy) is 1. The molecule has 0 radical (unpaired) electrons. The van der Waals surface area contributed by atoms with Crippen LogP contribution in [0.2, 0.25) is 0 Å². The Morgan fingerprint density at radius 1 is 1.22 bits per heavy atom. The Hall–Kier alpha value is -1.36. The molecular formula is C13H24N4O. The molecule has 0 spiro atoms. The molecule has 0 saturated carbocycles. The summed E-state index contributed by atoms with van der Waals surface area (Å²) in [6.45, 7) is 8.71. The lowest BCUT2D eigenvalue weighted by Gasteiger charge is -2.13. The molecule has 0 bridgehead atoms. The highest BCUT2D eigenvalue weighted by Crippen LogP contribution is 2.12. The fourth-order valence-corrected chi connectivity index (χ4v) is 1.64. The number of nitrogens with zero attached hydrogens (tertiary/aromatic N) is 2. The number of aryl methyl sites for hydroxylation is 1. The molecule has 0 amide bonds. The van der Waals surface area contributed by atoms with Crippen LogP contribution in [0.4, 0.5) is 11.6 Å². The predicted octanol–water partition coefficient (Wildman–Crippen LogP) is 2.17. The minimum atomic E-state index is 0.456. The second-order valence-electron chi connectivity index (χ2n) is 4.38. The van der Waals surface area contributed by atoms with E-state index in [9.17, 15) is 0 Å². The van der Waals surface area contributed by atoms with Crippen LogP contribution in [0.15, 0.2) is 6.07 Å². The number of nitrogens with one attached hydrogen (secondary N) is 2. The van der Waals surface area contributed by atoms with Crippen LogP contribution in [-0.2, 0) is 11.2 Å². The van der Waals surface area contributed by atoms with Gasteiger partial charge in [-0.2, -0.15) is 0 Å². The number of anilines is 2. The summed E-state index contributed by atoms with van der Waals surface area (Å²) in [7, 11) is 1.72. The number of hydrogen-bond donors (Lipinski definition) is 2. The van der Waals surface area contributed by atoms with E-state index in [1.54, 1.807) is 7.11 Å². The molecule has 0 saturated heterocycles. The van der Waals surface area contributed by atoms with Crippen molar-refractivity contribution in [2.75, 3.05) is 37.4 Å². The molecule has 5 nitrogen and oxygen atoms in total. The zero-order valence-corrected chi connectivity index (χ0v) is 11.8. The third-order valence-corrected chi connectivity index (χ3v) is 2.53. The maximum Gasteiger partial charge on any atom is 0.132 e. The molecule has 1 heterocycles. The van der Waals surface area contributed by atoms with Crippen molar-refractivity contribution in [3.05, 3.63) is 11.9 Å². The summed E-state index contributed by atoms with van der Waals surface area (Å²) in [6.07, 6.45) is 0.835. The maximum atomic E-state index is 5.11. The predicted molar refractivity (Wildman–Crippen MR) is 75.1 cm³/mol. The third kappa shape index (κ3) is 4.87. The SMILES string of the molecule is CCNc1cc(NCC(C)COC)nc(CC)n1. The van der Waals surface area contributed by atoms with Gasteiger partial charge in [0.1, 0.15) is 17.5 Å². The molecule has 0 aromatic carbocycles. The van der Waals surface area contributed by atoms with Gasteiger partial charge in [0.05, 0.1) is 6.61 Å². The van der Waals surface area contributed by atoms with Crippen LogP contribution in [-0.4, -0.2) is 36.8 Å². The molecule has 0 aliphatic carbocycles. The van der Waals surface area contributed by atoms with Crippen LogP contribution >= 0.6 is 0 Å². The Labute approximate surface area is 109 Å². The van der Waals surface area contributed by atoms with Crippen LogP contribution in [0, 0.1) is 5.92 Å². The van der Waals surface area contributed by atoms with Crippen molar-refractivity contribution in [1.29, 1.82) is 0 Å². The van der Waals surface area contributed by atoms with Gasteiger partial charge >= 0.3 is 0 Å². The van der Waals surface area contributed by atoms with Crippen LogP contribution < -0.4 is 10.6 Å². The smallest absolute Gasteiger partial charge is 0.132 e. The molecule has 18 heavy (non-hydrogen) atoms. The summed E-state index contributed by atoms with van der Waals surface area (Å²) < 4.78 is 5.11. The van der Waals surface area contributed by atoms with Gasteiger partial charge in [0, 0.05) is 32.7 Å². The lowest BCUT2D eigenvalue weighted by atomic mass is 10.2. The average Bonchev–Trinajstić information content (AvgIpc) is 2.37. The van der Waals surface area contributed by atoms with Gasteiger partial charge < -0.3 is 15.4 Å². The Morgan fingerprint density at radius 2 is 1.89 bits per heavy atom. The van der Waals surface area contributed by atoms with E-state index < -0.39 is 0 Å². The molecular weight excluding hydrogens is 228 g/mol. The molecule has 1 aromatic heterocycles. The molecule has 1 rings (SSSR count). The maximum absolute atomic E-state index is 5.11. The lowest BCUT2D eigenvalue weighted by molar-refractivity contribution is 0.164. The first-order valence-corrected chi connectivity index (χ1v) is 6.54. The fourth-order valence-electron chi connectivity index (χ4n) is 1.64. The van der Waals surface area contributed by atoms with Crippen molar-refractivity contribution < 1.29 is 4.74 Å². The third-order valence-electron chi connectivity index (χ3n) is 2.53. The van der Waals surface area contributed by atoms with Crippen molar-refractivity contribution in [3.63, 3.8) is 0 Å². The van der Waals surface area contributed by atoms with Crippen LogP contribution in [0.25, 0.3) is 0 Å². The number of hydrogen-bond acceptors (Lipinski definition) is 5. The van der Waals surface area contributed by atoms with Crippen molar-refractivity contribution in [3.8, 4) is 0 Å². The summed E-state index contributed by atoms with van der Waals surface area (Å²) in [4.78, 5) is 8.88. The van der Waals surface area contributed by atoms with Crippen LogP contribution in [0.1, 0.15) is 26.6 Å². The molecule has 0 aliphatic heterocycles. The first kappa shape index (κ1) is 14.7. The van der Waals surface area contributed by atoms with E-state index in [-0.39, 0.29) is 0 Å². The monoisotopic (exact) mass is 252 g/mol. The van der Waals surface area contributed by atoms with Gasteiger partial charge in [-0.3, -0.25) is 0 Å². The summed E-state index contributed by atoms with van der Waals surface area (Å²) in [6, 6.07) is 1.95. The summed E-state index contributed by atoms with van der Waals surface area (Å²) in [5.74, 6) is 3.07. The Balaban J connectivity index is 2.65. The van der Waals surface area contributed by atoms with Gasteiger partial charge in [-0.15, -0.1) is 0 Å².